The number of carbonyl (C=O) groups is 1. The summed E-state index contributed by atoms with van der Waals surface area (Å²) in [5.41, 5.74) is 1.80. The smallest absolute Gasteiger partial charge is 0.233 e. The third-order valence-corrected chi connectivity index (χ3v) is 7.01. The van der Waals surface area contributed by atoms with Crippen LogP contribution >= 0.6 is 23.1 Å². The van der Waals surface area contributed by atoms with Gasteiger partial charge in [0.1, 0.15) is 11.3 Å². The number of carbonyl (C=O) groups excluding carboxylic acids is 1. The van der Waals surface area contributed by atoms with Gasteiger partial charge in [0.2, 0.25) is 5.91 Å². The third-order valence-electron chi connectivity index (χ3n) is 5.07. The van der Waals surface area contributed by atoms with Gasteiger partial charge in [-0.3, -0.25) is 9.69 Å². The zero-order valence-electron chi connectivity index (χ0n) is 18.2. The second-order valence-corrected chi connectivity index (χ2v) is 9.60. The summed E-state index contributed by atoms with van der Waals surface area (Å²) in [6.07, 6.45) is 6.65. The Labute approximate surface area is 196 Å². The van der Waals surface area contributed by atoms with E-state index in [0.717, 1.165) is 40.2 Å². The van der Waals surface area contributed by atoms with Crippen molar-refractivity contribution in [1.82, 2.24) is 14.5 Å². The number of aryl methyl sites for hydroxylation is 1. The highest BCUT2D eigenvalue weighted by Crippen LogP contribution is 2.34. The maximum atomic E-state index is 13.4. The maximum absolute atomic E-state index is 13.4. The van der Waals surface area contributed by atoms with Crippen molar-refractivity contribution in [2.75, 3.05) is 24.3 Å². The molecule has 0 saturated carbocycles. The first-order chi connectivity index (χ1) is 15.7. The lowest BCUT2D eigenvalue weighted by molar-refractivity contribution is -0.118. The molecule has 0 bridgehead atoms. The minimum atomic E-state index is 0.0459. The molecule has 0 aliphatic heterocycles. The molecule has 0 saturated heterocycles. The summed E-state index contributed by atoms with van der Waals surface area (Å²) in [5, 5.41) is 0.707. The van der Waals surface area contributed by atoms with Crippen molar-refractivity contribution in [3.05, 3.63) is 66.7 Å². The van der Waals surface area contributed by atoms with E-state index in [1.165, 1.54) is 16.2 Å². The highest BCUT2D eigenvalue weighted by Gasteiger charge is 2.21. The monoisotopic (exact) mass is 466 g/mol. The summed E-state index contributed by atoms with van der Waals surface area (Å²) in [7, 11) is 1.64. The molecular formula is C24H26N4O2S2. The Bertz CT molecular complexity index is 1160. The second kappa shape index (κ2) is 10.7. The fraction of sp³-hybridized carbons (Fsp3) is 0.292. The van der Waals surface area contributed by atoms with Crippen molar-refractivity contribution in [2.24, 2.45) is 0 Å². The number of hydrogen-bond acceptors (Lipinski definition) is 6. The van der Waals surface area contributed by atoms with Gasteiger partial charge in [0.15, 0.2) is 5.13 Å². The standard InChI is InChI=1S/C24H26N4O2S2/c1-3-31-19-10-8-18(9-11-19)16-22(29)28(14-5-13-27-15-12-25-17-27)24-26-23-20(30-2)6-4-7-21(23)32-24/h4,6-12,15,17H,3,5,13-14,16H2,1-2H3. The number of imidazole rings is 1. The number of ether oxygens (including phenoxy) is 1. The van der Waals surface area contributed by atoms with Crippen LogP contribution in [-0.2, 0) is 17.8 Å². The van der Waals surface area contributed by atoms with E-state index in [-0.39, 0.29) is 5.91 Å². The molecular weight excluding hydrogens is 440 g/mol. The largest absolute Gasteiger partial charge is 0.494 e. The Balaban J connectivity index is 1.55. The first-order valence-electron chi connectivity index (χ1n) is 10.6. The van der Waals surface area contributed by atoms with Gasteiger partial charge in [-0.15, -0.1) is 11.8 Å². The van der Waals surface area contributed by atoms with E-state index in [4.69, 9.17) is 9.72 Å². The lowest BCUT2D eigenvalue weighted by Gasteiger charge is -2.20. The molecule has 6 nitrogen and oxygen atoms in total. The molecule has 0 N–H and O–H groups in total. The van der Waals surface area contributed by atoms with Crippen molar-refractivity contribution in [3.8, 4) is 5.75 Å². The molecule has 2 aromatic carbocycles. The molecule has 8 heteroatoms. The van der Waals surface area contributed by atoms with Gasteiger partial charge < -0.3 is 9.30 Å². The van der Waals surface area contributed by atoms with Crippen molar-refractivity contribution in [1.29, 1.82) is 0 Å². The summed E-state index contributed by atoms with van der Waals surface area (Å²) in [4.78, 5) is 25.3. The van der Waals surface area contributed by atoms with Gasteiger partial charge in [-0.2, -0.15) is 0 Å². The number of thiazole rings is 1. The summed E-state index contributed by atoms with van der Waals surface area (Å²) < 4.78 is 8.50. The van der Waals surface area contributed by atoms with E-state index >= 15 is 0 Å². The normalized spacial score (nSPS) is 11.1. The molecule has 0 fully saturated rings. The van der Waals surface area contributed by atoms with Gasteiger partial charge in [0, 0.05) is 30.4 Å². The number of anilines is 1. The zero-order valence-corrected chi connectivity index (χ0v) is 19.9. The Hall–Kier alpha value is -2.84. The van der Waals surface area contributed by atoms with Gasteiger partial charge in [0.05, 0.1) is 24.6 Å². The fourth-order valence-electron chi connectivity index (χ4n) is 3.49. The van der Waals surface area contributed by atoms with Crippen LogP contribution in [0.25, 0.3) is 10.2 Å². The number of nitrogens with zero attached hydrogens (tertiary/aromatic N) is 4. The lowest BCUT2D eigenvalue weighted by Crippen LogP contribution is -2.33. The molecule has 0 atom stereocenters. The SMILES string of the molecule is CCSc1ccc(CC(=O)N(CCCn2ccnc2)c2nc3c(OC)cccc3s2)cc1. The van der Waals surface area contributed by atoms with Gasteiger partial charge in [0.25, 0.3) is 0 Å². The average Bonchev–Trinajstić information content (AvgIpc) is 3.47. The molecule has 0 radical (unpaired) electrons. The summed E-state index contributed by atoms with van der Waals surface area (Å²) in [5.74, 6) is 1.80. The van der Waals surface area contributed by atoms with Crippen molar-refractivity contribution < 1.29 is 9.53 Å². The molecule has 4 aromatic rings. The Morgan fingerprint density at radius 1 is 1.22 bits per heavy atom. The lowest BCUT2D eigenvalue weighted by atomic mass is 10.1. The highest BCUT2D eigenvalue weighted by atomic mass is 32.2. The van der Waals surface area contributed by atoms with Crippen LogP contribution in [0.4, 0.5) is 5.13 Å². The van der Waals surface area contributed by atoms with Gasteiger partial charge in [-0.25, -0.2) is 9.97 Å². The molecule has 4 rings (SSSR count). The Morgan fingerprint density at radius 2 is 2.06 bits per heavy atom. The van der Waals surface area contributed by atoms with Crippen molar-refractivity contribution in [2.45, 2.75) is 31.2 Å². The van der Waals surface area contributed by atoms with Gasteiger partial charge in [-0.1, -0.05) is 36.5 Å². The van der Waals surface area contributed by atoms with Crippen LogP contribution in [0.3, 0.4) is 0 Å². The predicted molar refractivity (Wildman–Crippen MR) is 132 cm³/mol. The van der Waals surface area contributed by atoms with Crippen LogP contribution in [0.2, 0.25) is 0 Å². The van der Waals surface area contributed by atoms with E-state index in [2.05, 4.69) is 24.0 Å². The number of benzene rings is 2. The third kappa shape index (κ3) is 5.31. The van der Waals surface area contributed by atoms with E-state index in [9.17, 15) is 4.79 Å². The van der Waals surface area contributed by atoms with E-state index in [0.29, 0.717) is 18.1 Å². The number of methoxy groups -OCH3 is 1. The van der Waals surface area contributed by atoms with Crippen molar-refractivity contribution in [3.63, 3.8) is 0 Å². The molecule has 2 heterocycles. The maximum Gasteiger partial charge on any atom is 0.233 e. The average molecular weight is 467 g/mol. The van der Waals surface area contributed by atoms with Crippen molar-refractivity contribution >= 4 is 44.4 Å². The quantitative estimate of drug-likeness (QED) is 0.298. The van der Waals surface area contributed by atoms with E-state index < -0.39 is 0 Å². The van der Waals surface area contributed by atoms with Crippen LogP contribution in [0, 0.1) is 0 Å². The summed E-state index contributed by atoms with van der Waals surface area (Å²) in [6, 6.07) is 14.1. The van der Waals surface area contributed by atoms with E-state index in [1.807, 2.05) is 46.0 Å². The molecule has 0 unspecified atom stereocenters. The van der Waals surface area contributed by atoms with Gasteiger partial charge >= 0.3 is 0 Å². The highest BCUT2D eigenvalue weighted by molar-refractivity contribution is 7.99. The van der Waals surface area contributed by atoms with Crippen LogP contribution in [-0.4, -0.2) is 39.8 Å². The zero-order chi connectivity index (χ0) is 22.3. The van der Waals surface area contributed by atoms with Crippen LogP contribution < -0.4 is 9.64 Å². The summed E-state index contributed by atoms with van der Waals surface area (Å²) >= 11 is 3.32. The molecule has 1 amide bonds. The van der Waals surface area contributed by atoms with Crippen LogP contribution in [0.5, 0.6) is 5.75 Å². The summed E-state index contributed by atoms with van der Waals surface area (Å²) in [6.45, 7) is 3.51. The molecule has 0 spiro atoms. The number of para-hydroxylation sites is 1. The Morgan fingerprint density at radius 3 is 2.78 bits per heavy atom. The number of amides is 1. The minimum Gasteiger partial charge on any atom is -0.494 e. The first-order valence-corrected chi connectivity index (χ1v) is 12.4. The molecule has 166 valence electrons. The van der Waals surface area contributed by atoms with Crippen LogP contribution in [0.15, 0.2) is 66.1 Å². The number of aromatic nitrogens is 3. The van der Waals surface area contributed by atoms with Crippen LogP contribution in [0.1, 0.15) is 18.9 Å². The number of rotatable bonds is 10. The topological polar surface area (TPSA) is 60.2 Å². The number of fused-ring (bicyclic) bond motifs is 1. The number of thioether (sulfide) groups is 1. The molecule has 0 aliphatic rings. The fourth-order valence-corrected chi connectivity index (χ4v) is 5.18. The minimum absolute atomic E-state index is 0.0459. The molecule has 32 heavy (non-hydrogen) atoms. The van der Waals surface area contributed by atoms with E-state index in [1.54, 1.807) is 31.4 Å². The molecule has 0 aliphatic carbocycles. The van der Waals surface area contributed by atoms with Gasteiger partial charge in [-0.05, 0) is 42.0 Å². The predicted octanol–water partition coefficient (Wildman–Crippen LogP) is 5.28. The Kier molecular flexibility index (Phi) is 7.44. The second-order valence-electron chi connectivity index (χ2n) is 7.26. The molecule has 2 aromatic heterocycles. The number of hydrogen-bond donors (Lipinski definition) is 0. The first kappa shape index (κ1) is 22.4.